The SMILES string of the molecule is COc1ccc(N=C2CC(=O)c3nc(C)c(C)nc3C2=O)c(OC)c1. The van der Waals surface area contributed by atoms with Gasteiger partial charge in [0.1, 0.15) is 28.6 Å². The summed E-state index contributed by atoms with van der Waals surface area (Å²) in [7, 11) is 3.04. The highest BCUT2D eigenvalue weighted by Gasteiger charge is 2.32. The standard InChI is InChI=1S/C18H17N3O4/c1-9-10(2)20-17-16(19-9)14(22)8-13(18(17)23)21-12-6-5-11(24-3)7-15(12)25-4/h5-7H,8H2,1-4H3. The lowest BCUT2D eigenvalue weighted by Crippen LogP contribution is -2.30. The number of benzene rings is 1. The molecule has 1 aliphatic rings. The molecule has 7 nitrogen and oxygen atoms in total. The molecule has 1 aromatic carbocycles. The minimum atomic E-state index is -0.386. The van der Waals surface area contributed by atoms with Crippen LogP contribution in [0.4, 0.5) is 5.69 Å². The zero-order valence-electron chi connectivity index (χ0n) is 14.4. The molecule has 0 atom stereocenters. The first-order valence-corrected chi connectivity index (χ1v) is 7.67. The minimum absolute atomic E-state index is 0.0607. The van der Waals surface area contributed by atoms with E-state index in [0.29, 0.717) is 28.6 Å². The molecule has 1 aliphatic carbocycles. The summed E-state index contributed by atoms with van der Waals surface area (Å²) in [5.41, 5.74) is 2.00. The second-order valence-electron chi connectivity index (χ2n) is 5.62. The molecule has 0 N–H and O–H groups in total. The van der Waals surface area contributed by atoms with Crippen molar-refractivity contribution < 1.29 is 19.1 Å². The Labute approximate surface area is 144 Å². The highest BCUT2D eigenvalue weighted by atomic mass is 16.5. The molecule has 0 bridgehead atoms. The summed E-state index contributed by atoms with van der Waals surface area (Å²) in [6, 6.07) is 5.04. The van der Waals surface area contributed by atoms with Crippen LogP contribution in [0.15, 0.2) is 23.2 Å². The highest BCUT2D eigenvalue weighted by Crippen LogP contribution is 2.32. The van der Waals surface area contributed by atoms with Gasteiger partial charge in [-0.25, -0.2) is 15.0 Å². The second kappa shape index (κ2) is 6.43. The van der Waals surface area contributed by atoms with E-state index < -0.39 is 0 Å². The maximum absolute atomic E-state index is 12.7. The number of aryl methyl sites for hydroxylation is 2. The number of ketones is 2. The van der Waals surface area contributed by atoms with Crippen molar-refractivity contribution in [2.75, 3.05) is 14.2 Å². The maximum atomic E-state index is 12.7. The third-order valence-electron chi connectivity index (χ3n) is 4.02. The largest absolute Gasteiger partial charge is 0.497 e. The molecular weight excluding hydrogens is 322 g/mol. The third-order valence-corrected chi connectivity index (χ3v) is 4.02. The Kier molecular flexibility index (Phi) is 4.31. The Balaban J connectivity index is 2.07. The van der Waals surface area contributed by atoms with E-state index in [0.717, 1.165) is 0 Å². The van der Waals surface area contributed by atoms with Crippen LogP contribution in [0.5, 0.6) is 11.5 Å². The van der Waals surface area contributed by atoms with Gasteiger partial charge in [0.05, 0.1) is 37.7 Å². The molecule has 0 amide bonds. The number of ether oxygens (including phenoxy) is 2. The van der Waals surface area contributed by atoms with Crippen molar-refractivity contribution in [3.8, 4) is 11.5 Å². The number of fused-ring (bicyclic) bond motifs is 1. The molecule has 0 unspecified atom stereocenters. The van der Waals surface area contributed by atoms with Crippen LogP contribution in [0.3, 0.4) is 0 Å². The number of nitrogens with zero attached hydrogens (tertiary/aromatic N) is 3. The van der Waals surface area contributed by atoms with Crippen LogP contribution in [0.2, 0.25) is 0 Å². The number of carbonyl (C=O) groups is 2. The molecule has 128 valence electrons. The van der Waals surface area contributed by atoms with Gasteiger partial charge in [-0.05, 0) is 26.0 Å². The molecule has 7 heteroatoms. The molecule has 0 saturated heterocycles. The monoisotopic (exact) mass is 339 g/mol. The fourth-order valence-corrected chi connectivity index (χ4v) is 2.52. The molecule has 1 heterocycles. The molecule has 0 saturated carbocycles. The van der Waals surface area contributed by atoms with Gasteiger partial charge < -0.3 is 9.47 Å². The summed E-state index contributed by atoms with van der Waals surface area (Å²) in [6.07, 6.45) is -0.113. The molecule has 1 aromatic heterocycles. The van der Waals surface area contributed by atoms with E-state index in [4.69, 9.17) is 9.47 Å². The average molecular weight is 339 g/mol. The van der Waals surface area contributed by atoms with E-state index in [-0.39, 0.29) is 35.1 Å². The van der Waals surface area contributed by atoms with Gasteiger partial charge in [0.15, 0.2) is 5.78 Å². The van der Waals surface area contributed by atoms with Gasteiger partial charge in [-0.15, -0.1) is 0 Å². The van der Waals surface area contributed by atoms with E-state index in [1.807, 2.05) is 0 Å². The Morgan fingerprint density at radius 3 is 2.32 bits per heavy atom. The number of aromatic nitrogens is 2. The molecule has 2 aromatic rings. The van der Waals surface area contributed by atoms with Gasteiger partial charge in [0.2, 0.25) is 5.78 Å². The van der Waals surface area contributed by atoms with E-state index >= 15 is 0 Å². The molecular formula is C18H17N3O4. The summed E-state index contributed by atoms with van der Waals surface area (Å²) in [5.74, 6) is 0.401. The van der Waals surface area contributed by atoms with Crippen LogP contribution in [0, 0.1) is 13.8 Å². The second-order valence-corrected chi connectivity index (χ2v) is 5.62. The lowest BCUT2D eigenvalue weighted by molar-refractivity contribution is 0.0957. The Morgan fingerprint density at radius 1 is 1.00 bits per heavy atom. The van der Waals surface area contributed by atoms with Gasteiger partial charge in [-0.2, -0.15) is 0 Å². The Morgan fingerprint density at radius 2 is 1.68 bits per heavy atom. The maximum Gasteiger partial charge on any atom is 0.228 e. The van der Waals surface area contributed by atoms with Crippen molar-refractivity contribution in [3.05, 3.63) is 41.0 Å². The number of Topliss-reactive ketones (excluding diaryl/α,β-unsaturated/α-hetero) is 2. The quantitative estimate of drug-likeness (QED) is 0.854. The first kappa shape index (κ1) is 16.8. The first-order chi connectivity index (χ1) is 11.9. The number of methoxy groups -OCH3 is 2. The van der Waals surface area contributed by atoms with Crippen LogP contribution in [0.25, 0.3) is 0 Å². The number of hydrogen-bond acceptors (Lipinski definition) is 7. The zero-order valence-corrected chi connectivity index (χ0v) is 14.4. The van der Waals surface area contributed by atoms with Crippen molar-refractivity contribution in [2.24, 2.45) is 4.99 Å². The van der Waals surface area contributed by atoms with Crippen molar-refractivity contribution in [1.29, 1.82) is 0 Å². The van der Waals surface area contributed by atoms with Crippen molar-refractivity contribution >= 4 is 23.0 Å². The number of rotatable bonds is 3. The Hall–Kier alpha value is -3.09. The van der Waals surface area contributed by atoms with E-state index in [1.165, 1.54) is 7.11 Å². The third kappa shape index (κ3) is 3.00. The van der Waals surface area contributed by atoms with Crippen LogP contribution in [-0.4, -0.2) is 41.5 Å². The molecule has 0 radical (unpaired) electrons. The normalized spacial score (nSPS) is 15.3. The highest BCUT2D eigenvalue weighted by molar-refractivity contribution is 6.52. The number of carbonyl (C=O) groups excluding carboxylic acids is 2. The van der Waals surface area contributed by atoms with E-state index in [9.17, 15) is 9.59 Å². The summed E-state index contributed by atoms with van der Waals surface area (Å²) < 4.78 is 10.4. The van der Waals surface area contributed by atoms with Crippen LogP contribution in [-0.2, 0) is 0 Å². The van der Waals surface area contributed by atoms with Gasteiger partial charge in [-0.1, -0.05) is 0 Å². The van der Waals surface area contributed by atoms with E-state index in [1.54, 1.807) is 39.2 Å². The first-order valence-electron chi connectivity index (χ1n) is 7.67. The summed E-state index contributed by atoms with van der Waals surface area (Å²) in [4.78, 5) is 37.9. The lowest BCUT2D eigenvalue weighted by Gasteiger charge is -2.16. The fraction of sp³-hybridized carbons (Fsp3) is 0.278. The summed E-state index contributed by atoms with van der Waals surface area (Å²) in [6.45, 7) is 3.50. The molecule has 0 spiro atoms. The summed E-state index contributed by atoms with van der Waals surface area (Å²) >= 11 is 0. The zero-order chi connectivity index (χ0) is 18.1. The van der Waals surface area contributed by atoms with Crippen LogP contribution in [0.1, 0.15) is 38.8 Å². The minimum Gasteiger partial charge on any atom is -0.497 e. The fourth-order valence-electron chi connectivity index (χ4n) is 2.52. The molecule has 0 fully saturated rings. The Bertz CT molecular complexity index is 919. The van der Waals surface area contributed by atoms with Crippen LogP contribution >= 0.6 is 0 Å². The van der Waals surface area contributed by atoms with Gasteiger partial charge in [0, 0.05) is 6.07 Å². The van der Waals surface area contributed by atoms with Gasteiger partial charge in [0.25, 0.3) is 0 Å². The molecule has 3 rings (SSSR count). The van der Waals surface area contributed by atoms with Crippen LogP contribution < -0.4 is 9.47 Å². The topological polar surface area (TPSA) is 90.7 Å². The smallest absolute Gasteiger partial charge is 0.228 e. The van der Waals surface area contributed by atoms with Gasteiger partial charge >= 0.3 is 0 Å². The van der Waals surface area contributed by atoms with E-state index in [2.05, 4.69) is 15.0 Å². The molecule has 0 aliphatic heterocycles. The van der Waals surface area contributed by atoms with Gasteiger partial charge in [-0.3, -0.25) is 9.59 Å². The van der Waals surface area contributed by atoms with Crippen molar-refractivity contribution in [2.45, 2.75) is 20.3 Å². The predicted octanol–water partition coefficient (Wildman–Crippen LogP) is 2.65. The van der Waals surface area contributed by atoms with Crippen molar-refractivity contribution in [3.63, 3.8) is 0 Å². The number of hydrogen-bond donors (Lipinski definition) is 0. The molecule has 25 heavy (non-hydrogen) atoms. The predicted molar refractivity (Wildman–Crippen MR) is 91.4 cm³/mol. The summed E-state index contributed by atoms with van der Waals surface area (Å²) in [5, 5.41) is 0. The average Bonchev–Trinajstić information content (AvgIpc) is 2.61. The lowest BCUT2D eigenvalue weighted by atomic mass is 9.95. The number of aliphatic imine (C=N–C) groups is 1. The van der Waals surface area contributed by atoms with Crippen molar-refractivity contribution in [1.82, 2.24) is 9.97 Å².